The minimum atomic E-state index is -0.300. The molecule has 0 spiro atoms. The first-order chi connectivity index (χ1) is 8.43. The van der Waals surface area contributed by atoms with Gasteiger partial charge in [0.25, 0.3) is 5.91 Å². The van der Waals surface area contributed by atoms with E-state index in [9.17, 15) is 4.79 Å². The van der Waals surface area contributed by atoms with Crippen LogP contribution in [-0.4, -0.2) is 18.0 Å². The Labute approximate surface area is 135 Å². The summed E-state index contributed by atoms with van der Waals surface area (Å²) in [5.41, 5.74) is 7.63. The highest BCUT2D eigenvalue weighted by atomic mass is 127. The van der Waals surface area contributed by atoms with E-state index in [0.717, 1.165) is 27.5 Å². The molecule has 3 nitrogen and oxygen atoms in total. The van der Waals surface area contributed by atoms with E-state index in [2.05, 4.69) is 27.9 Å². The number of hydrogen-bond acceptors (Lipinski definition) is 2. The number of carbonyl (C=O) groups excluding carboxylic acids is 1. The normalized spacial score (nSPS) is 10.8. The Morgan fingerprint density at radius 3 is 2.47 bits per heavy atom. The Morgan fingerprint density at radius 1 is 1.37 bits per heavy atom. The fourth-order valence-electron chi connectivity index (χ4n) is 1.70. The fourth-order valence-corrected chi connectivity index (χ4v) is 2.20. The van der Waals surface area contributed by atoms with Gasteiger partial charge in [0.2, 0.25) is 0 Å². The second kappa shape index (κ2) is 8.07. The molecule has 0 saturated carbocycles. The molecule has 1 amide bonds. The molecular weight excluding hydrogens is 375 g/mol. The van der Waals surface area contributed by atoms with E-state index in [0.29, 0.717) is 6.54 Å². The summed E-state index contributed by atoms with van der Waals surface area (Å²) in [4.78, 5) is 12.1. The molecule has 0 saturated heterocycles. The van der Waals surface area contributed by atoms with Crippen LogP contribution >= 0.6 is 35.0 Å². The Balaban J connectivity index is 0.00000324. The minimum absolute atomic E-state index is 0. The van der Waals surface area contributed by atoms with Crippen LogP contribution in [0, 0.1) is 10.5 Å². The molecule has 0 aliphatic heterocycles. The van der Waals surface area contributed by atoms with E-state index in [1.807, 2.05) is 39.0 Å². The molecule has 0 aliphatic rings. The van der Waals surface area contributed by atoms with Crippen molar-refractivity contribution in [1.29, 1.82) is 0 Å². The van der Waals surface area contributed by atoms with Gasteiger partial charge in [-0.05, 0) is 60.1 Å². The third kappa shape index (κ3) is 4.93. The molecule has 1 aromatic rings. The van der Waals surface area contributed by atoms with Gasteiger partial charge in [-0.1, -0.05) is 19.9 Å². The predicted molar refractivity (Wildman–Crippen MR) is 91.0 cm³/mol. The van der Waals surface area contributed by atoms with Crippen LogP contribution in [0.1, 0.15) is 42.6 Å². The molecule has 1 aromatic carbocycles. The van der Waals surface area contributed by atoms with Crippen molar-refractivity contribution in [1.82, 2.24) is 5.32 Å². The third-order valence-corrected chi connectivity index (χ3v) is 4.69. The fraction of sp³-hybridized carbons (Fsp3) is 0.500. The summed E-state index contributed by atoms with van der Waals surface area (Å²) in [6, 6.07) is 5.75. The molecule has 0 unspecified atom stereocenters. The van der Waals surface area contributed by atoms with Crippen LogP contribution < -0.4 is 11.1 Å². The highest BCUT2D eigenvalue weighted by Crippen LogP contribution is 2.16. The Bertz CT molecular complexity index is 433. The molecule has 5 heteroatoms. The van der Waals surface area contributed by atoms with Crippen molar-refractivity contribution in [2.45, 2.75) is 39.2 Å². The number of nitrogens with two attached hydrogens (primary N) is 1. The summed E-state index contributed by atoms with van der Waals surface area (Å²) in [7, 11) is 0. The molecule has 1 rings (SSSR count). The number of amides is 1. The van der Waals surface area contributed by atoms with Gasteiger partial charge >= 0.3 is 0 Å². The first-order valence-electron chi connectivity index (χ1n) is 6.25. The zero-order valence-corrected chi connectivity index (χ0v) is 14.6. The average Bonchev–Trinajstić information content (AvgIpc) is 2.39. The van der Waals surface area contributed by atoms with Crippen molar-refractivity contribution in [2.75, 3.05) is 6.54 Å². The Kier molecular flexibility index (Phi) is 7.93. The summed E-state index contributed by atoms with van der Waals surface area (Å²) in [5, 5.41) is 2.94. The van der Waals surface area contributed by atoms with Crippen molar-refractivity contribution in [3.63, 3.8) is 0 Å². The molecule has 0 fully saturated rings. The third-order valence-electron chi connectivity index (χ3n) is 3.52. The lowest BCUT2D eigenvalue weighted by atomic mass is 9.94. The average molecular weight is 397 g/mol. The van der Waals surface area contributed by atoms with E-state index in [1.165, 1.54) is 0 Å². The minimum Gasteiger partial charge on any atom is -0.350 e. The molecule has 108 valence electrons. The van der Waals surface area contributed by atoms with Gasteiger partial charge in [-0.25, -0.2) is 0 Å². The van der Waals surface area contributed by atoms with Gasteiger partial charge in [0, 0.05) is 21.2 Å². The van der Waals surface area contributed by atoms with Gasteiger partial charge in [-0.15, -0.1) is 12.4 Å². The molecular formula is C14H22ClIN2O. The zero-order chi connectivity index (χ0) is 13.8. The molecule has 0 radical (unpaired) electrons. The van der Waals surface area contributed by atoms with Crippen LogP contribution in [0.25, 0.3) is 0 Å². The second-order valence-electron chi connectivity index (χ2n) is 4.66. The van der Waals surface area contributed by atoms with Crippen molar-refractivity contribution in [3.05, 3.63) is 32.9 Å². The lowest BCUT2D eigenvalue weighted by molar-refractivity contribution is 0.0941. The van der Waals surface area contributed by atoms with Crippen molar-refractivity contribution in [3.8, 4) is 0 Å². The molecule has 0 atom stereocenters. The van der Waals surface area contributed by atoms with Crippen molar-refractivity contribution < 1.29 is 4.79 Å². The topological polar surface area (TPSA) is 55.1 Å². The van der Waals surface area contributed by atoms with E-state index >= 15 is 0 Å². The Morgan fingerprint density at radius 2 is 1.95 bits per heavy atom. The van der Waals surface area contributed by atoms with E-state index in [1.54, 1.807) is 0 Å². The molecule has 0 aromatic heterocycles. The molecule has 19 heavy (non-hydrogen) atoms. The number of rotatable bonds is 5. The molecule has 0 aliphatic carbocycles. The maximum atomic E-state index is 12.1. The molecule has 0 bridgehead atoms. The summed E-state index contributed by atoms with van der Waals surface area (Å²) in [5.74, 6) is -0.0391. The van der Waals surface area contributed by atoms with Crippen LogP contribution in [-0.2, 0) is 0 Å². The van der Waals surface area contributed by atoms with Crippen LogP contribution in [0.2, 0.25) is 0 Å². The standard InChI is InChI=1S/C14H21IN2O.ClH/c1-4-14(16,5-2)9-17-13(18)11-7-6-8-12(15)10(11)3;/h6-8H,4-5,9,16H2,1-3H3,(H,17,18);1H. The summed E-state index contributed by atoms with van der Waals surface area (Å²) >= 11 is 2.24. The molecule has 0 heterocycles. The number of benzene rings is 1. The number of hydrogen-bond donors (Lipinski definition) is 2. The van der Waals surface area contributed by atoms with E-state index in [-0.39, 0.29) is 23.9 Å². The van der Waals surface area contributed by atoms with Crippen LogP contribution in [0.15, 0.2) is 18.2 Å². The first kappa shape index (κ1) is 18.7. The lowest BCUT2D eigenvalue weighted by Gasteiger charge is -2.27. The van der Waals surface area contributed by atoms with Gasteiger partial charge in [-0.3, -0.25) is 4.79 Å². The van der Waals surface area contributed by atoms with Crippen LogP contribution in [0.3, 0.4) is 0 Å². The van der Waals surface area contributed by atoms with Gasteiger partial charge in [0.05, 0.1) is 0 Å². The summed E-state index contributed by atoms with van der Waals surface area (Å²) in [6.07, 6.45) is 1.71. The van der Waals surface area contributed by atoms with Crippen molar-refractivity contribution in [2.24, 2.45) is 5.73 Å². The highest BCUT2D eigenvalue weighted by molar-refractivity contribution is 14.1. The van der Waals surface area contributed by atoms with E-state index in [4.69, 9.17) is 5.73 Å². The SMILES string of the molecule is CCC(N)(CC)CNC(=O)c1cccc(I)c1C.Cl. The number of carbonyl (C=O) groups is 1. The highest BCUT2D eigenvalue weighted by Gasteiger charge is 2.21. The molecule has 3 N–H and O–H groups in total. The maximum Gasteiger partial charge on any atom is 0.251 e. The number of nitrogens with one attached hydrogen (secondary N) is 1. The zero-order valence-electron chi connectivity index (χ0n) is 11.6. The second-order valence-corrected chi connectivity index (χ2v) is 5.83. The van der Waals surface area contributed by atoms with Crippen molar-refractivity contribution >= 4 is 40.9 Å². The van der Waals surface area contributed by atoms with Gasteiger partial charge in [0.15, 0.2) is 0 Å². The van der Waals surface area contributed by atoms with Gasteiger partial charge < -0.3 is 11.1 Å². The maximum absolute atomic E-state index is 12.1. The quantitative estimate of drug-likeness (QED) is 0.751. The van der Waals surface area contributed by atoms with E-state index < -0.39 is 0 Å². The predicted octanol–water partition coefficient (Wildman–Crippen LogP) is 3.27. The monoisotopic (exact) mass is 396 g/mol. The summed E-state index contributed by atoms with van der Waals surface area (Å²) < 4.78 is 1.10. The number of halogens is 2. The van der Waals surface area contributed by atoms with Crippen LogP contribution in [0.4, 0.5) is 0 Å². The summed E-state index contributed by atoms with van der Waals surface area (Å²) in [6.45, 7) is 6.58. The Hall–Kier alpha value is -0.330. The van der Waals surface area contributed by atoms with Crippen LogP contribution in [0.5, 0.6) is 0 Å². The first-order valence-corrected chi connectivity index (χ1v) is 7.33. The largest absolute Gasteiger partial charge is 0.350 e. The van der Waals surface area contributed by atoms with Gasteiger partial charge in [-0.2, -0.15) is 0 Å². The lowest BCUT2D eigenvalue weighted by Crippen LogP contribution is -2.49. The van der Waals surface area contributed by atoms with Gasteiger partial charge in [0.1, 0.15) is 0 Å². The smallest absolute Gasteiger partial charge is 0.251 e.